The summed E-state index contributed by atoms with van der Waals surface area (Å²) in [7, 11) is 0. The molecular weight excluding hydrogens is 372 g/mol. The molecule has 3 aromatic rings. The Kier molecular flexibility index (Phi) is 5.25. The van der Waals surface area contributed by atoms with Crippen molar-refractivity contribution in [2.24, 2.45) is 0 Å². The molecule has 0 aliphatic rings. The monoisotopic (exact) mass is 388 g/mol. The first kappa shape index (κ1) is 18.4. The molecule has 5 nitrogen and oxygen atoms in total. The number of carbonyl (C=O) groups is 1. The molecule has 2 aromatic carbocycles. The molecule has 0 aliphatic heterocycles. The number of hydrogen-bond acceptors (Lipinski definition) is 4. The van der Waals surface area contributed by atoms with Crippen molar-refractivity contribution < 1.29 is 9.72 Å². The number of non-ortho nitro benzene ring substituents is 1. The number of amides is 1. The fraction of sp³-hybridized carbons (Fsp3) is 0.211. The van der Waals surface area contributed by atoms with Gasteiger partial charge in [0.15, 0.2) is 0 Å². The Bertz CT molecular complexity index is 982. The van der Waals surface area contributed by atoms with E-state index >= 15 is 0 Å². The largest absolute Gasteiger partial charge is 0.321 e. The first-order valence-electron chi connectivity index (χ1n) is 8.19. The number of nitro groups is 1. The van der Waals surface area contributed by atoms with E-state index in [-0.39, 0.29) is 21.5 Å². The summed E-state index contributed by atoms with van der Waals surface area (Å²) in [4.78, 5) is 23.6. The smallest absolute Gasteiger partial charge is 0.287 e. The van der Waals surface area contributed by atoms with Gasteiger partial charge in [-0.1, -0.05) is 49.7 Å². The average molecular weight is 389 g/mol. The van der Waals surface area contributed by atoms with Crippen molar-refractivity contribution in [2.45, 2.75) is 26.2 Å². The van der Waals surface area contributed by atoms with E-state index in [4.69, 9.17) is 11.6 Å². The molecule has 0 saturated heterocycles. The van der Waals surface area contributed by atoms with Gasteiger partial charge >= 0.3 is 0 Å². The molecule has 1 atom stereocenters. The number of hydrogen-bond donors (Lipinski definition) is 1. The molecule has 0 fully saturated rings. The van der Waals surface area contributed by atoms with Crippen molar-refractivity contribution in [3.8, 4) is 0 Å². The summed E-state index contributed by atoms with van der Waals surface area (Å²) in [5.74, 6) is 0.0825. The summed E-state index contributed by atoms with van der Waals surface area (Å²) in [5, 5.41) is 14.7. The highest BCUT2D eigenvalue weighted by Gasteiger charge is 2.22. The minimum absolute atomic E-state index is 0.0497. The minimum Gasteiger partial charge on any atom is -0.321 e. The van der Waals surface area contributed by atoms with Gasteiger partial charge in [-0.25, -0.2) is 0 Å². The molecule has 0 bridgehead atoms. The maximum Gasteiger partial charge on any atom is 0.287 e. The number of rotatable bonds is 5. The van der Waals surface area contributed by atoms with Gasteiger partial charge in [0, 0.05) is 17.1 Å². The second-order valence-corrected chi connectivity index (χ2v) is 7.44. The molecule has 1 amide bonds. The third-order valence-corrected chi connectivity index (χ3v) is 6.12. The van der Waals surface area contributed by atoms with Crippen LogP contribution < -0.4 is 5.32 Å². The predicted octanol–water partition coefficient (Wildman–Crippen LogP) is 6.23. The van der Waals surface area contributed by atoms with Crippen LogP contribution in [0.15, 0.2) is 42.5 Å². The van der Waals surface area contributed by atoms with Gasteiger partial charge in [-0.15, -0.1) is 11.3 Å². The van der Waals surface area contributed by atoms with Gasteiger partial charge in [0.25, 0.3) is 11.6 Å². The molecule has 0 aliphatic carbocycles. The van der Waals surface area contributed by atoms with Crippen LogP contribution in [0.1, 0.15) is 41.4 Å². The highest BCUT2D eigenvalue weighted by Crippen LogP contribution is 2.40. The lowest BCUT2D eigenvalue weighted by Crippen LogP contribution is -2.10. The number of carbonyl (C=O) groups excluding carboxylic acids is 1. The highest BCUT2D eigenvalue weighted by atomic mass is 35.5. The van der Waals surface area contributed by atoms with Crippen molar-refractivity contribution in [3.63, 3.8) is 0 Å². The summed E-state index contributed by atoms with van der Waals surface area (Å²) in [6, 6.07) is 12.3. The van der Waals surface area contributed by atoms with Crippen LogP contribution in [0.2, 0.25) is 5.02 Å². The highest BCUT2D eigenvalue weighted by molar-refractivity contribution is 7.22. The van der Waals surface area contributed by atoms with E-state index in [1.54, 1.807) is 12.1 Å². The topological polar surface area (TPSA) is 72.2 Å². The molecule has 3 rings (SSSR count). The SMILES string of the molecule is CC[C@H](C)c1ccc(NC(=O)c2sc3c([N+](=O)[O-])cccc3c2Cl)cc1. The normalized spacial score (nSPS) is 12.1. The van der Waals surface area contributed by atoms with Crippen molar-refractivity contribution in [1.82, 2.24) is 0 Å². The fourth-order valence-corrected chi connectivity index (χ4v) is 4.17. The van der Waals surface area contributed by atoms with Crippen LogP contribution in [0.4, 0.5) is 11.4 Å². The van der Waals surface area contributed by atoms with Crippen molar-refractivity contribution >= 4 is 50.3 Å². The minimum atomic E-state index is -0.468. The number of fused-ring (bicyclic) bond motifs is 1. The van der Waals surface area contributed by atoms with Crippen LogP contribution in [-0.2, 0) is 0 Å². The Balaban J connectivity index is 1.89. The summed E-state index contributed by atoms with van der Waals surface area (Å²) < 4.78 is 0.403. The van der Waals surface area contributed by atoms with E-state index in [1.165, 1.54) is 11.6 Å². The maximum absolute atomic E-state index is 12.6. The van der Waals surface area contributed by atoms with Crippen LogP contribution in [0, 0.1) is 10.1 Å². The lowest BCUT2D eigenvalue weighted by Gasteiger charge is -2.10. The van der Waals surface area contributed by atoms with Gasteiger partial charge in [-0.05, 0) is 30.0 Å². The lowest BCUT2D eigenvalue weighted by molar-refractivity contribution is -0.382. The zero-order valence-electron chi connectivity index (χ0n) is 14.3. The van der Waals surface area contributed by atoms with Gasteiger partial charge < -0.3 is 5.32 Å². The van der Waals surface area contributed by atoms with Crippen LogP contribution in [0.25, 0.3) is 10.1 Å². The van der Waals surface area contributed by atoms with Gasteiger partial charge in [-0.2, -0.15) is 0 Å². The third-order valence-electron chi connectivity index (χ3n) is 4.39. The maximum atomic E-state index is 12.6. The molecule has 0 radical (unpaired) electrons. The molecular formula is C19H17ClN2O3S. The van der Waals surface area contributed by atoms with Crippen molar-refractivity contribution in [2.75, 3.05) is 5.32 Å². The van der Waals surface area contributed by atoms with E-state index in [0.717, 1.165) is 17.8 Å². The molecule has 1 N–H and O–H groups in total. The molecule has 134 valence electrons. The standard InChI is InChI=1S/C19H17ClN2O3S/c1-3-11(2)12-7-9-13(10-8-12)21-19(23)18-16(20)14-5-4-6-15(22(24)25)17(14)26-18/h4-11H,3H2,1-2H3,(H,21,23)/t11-/m0/s1. The molecule has 7 heteroatoms. The van der Waals surface area contributed by atoms with Gasteiger partial charge in [0.1, 0.15) is 9.58 Å². The summed E-state index contributed by atoms with van der Waals surface area (Å²) in [6.45, 7) is 4.28. The zero-order chi connectivity index (χ0) is 18.8. The lowest BCUT2D eigenvalue weighted by atomic mass is 9.99. The van der Waals surface area contributed by atoms with Crippen LogP contribution in [0.3, 0.4) is 0 Å². The fourth-order valence-electron chi connectivity index (χ4n) is 2.68. The second-order valence-electron chi connectivity index (χ2n) is 6.04. The molecule has 1 aromatic heterocycles. The third kappa shape index (κ3) is 3.43. The van der Waals surface area contributed by atoms with Gasteiger partial charge in [-0.3, -0.25) is 14.9 Å². The Morgan fingerprint density at radius 1 is 1.27 bits per heavy atom. The first-order chi connectivity index (χ1) is 12.4. The number of anilines is 1. The molecule has 0 unspecified atom stereocenters. The van der Waals surface area contributed by atoms with E-state index in [0.29, 0.717) is 21.7 Å². The predicted molar refractivity (Wildman–Crippen MR) is 107 cm³/mol. The Hall–Kier alpha value is -2.44. The number of halogens is 1. The van der Waals surface area contributed by atoms with Crippen molar-refractivity contribution in [3.05, 3.63) is 68.0 Å². The van der Waals surface area contributed by atoms with E-state index in [1.807, 2.05) is 24.3 Å². The number of thiophene rings is 1. The number of benzene rings is 2. The van der Waals surface area contributed by atoms with E-state index in [9.17, 15) is 14.9 Å². The van der Waals surface area contributed by atoms with Crippen molar-refractivity contribution in [1.29, 1.82) is 0 Å². The van der Waals surface area contributed by atoms with Crippen LogP contribution >= 0.6 is 22.9 Å². The number of nitrogens with one attached hydrogen (secondary N) is 1. The number of nitrogens with zero attached hydrogens (tertiary/aromatic N) is 1. The Morgan fingerprint density at radius 3 is 2.58 bits per heavy atom. The van der Waals surface area contributed by atoms with E-state index in [2.05, 4.69) is 19.2 Å². The molecule has 1 heterocycles. The van der Waals surface area contributed by atoms with Gasteiger partial charge in [0.05, 0.1) is 9.95 Å². The van der Waals surface area contributed by atoms with Crippen LogP contribution in [0.5, 0.6) is 0 Å². The van der Waals surface area contributed by atoms with Crippen LogP contribution in [-0.4, -0.2) is 10.8 Å². The zero-order valence-corrected chi connectivity index (χ0v) is 15.9. The molecule has 26 heavy (non-hydrogen) atoms. The Morgan fingerprint density at radius 2 is 1.96 bits per heavy atom. The first-order valence-corrected chi connectivity index (χ1v) is 9.38. The van der Waals surface area contributed by atoms with E-state index < -0.39 is 4.92 Å². The quantitative estimate of drug-likeness (QED) is 0.416. The molecule has 0 spiro atoms. The summed E-state index contributed by atoms with van der Waals surface area (Å²) >= 11 is 7.34. The summed E-state index contributed by atoms with van der Waals surface area (Å²) in [6.07, 6.45) is 1.04. The second kappa shape index (κ2) is 7.43. The number of nitro benzene ring substituents is 1. The van der Waals surface area contributed by atoms with Gasteiger partial charge in [0.2, 0.25) is 0 Å². The summed E-state index contributed by atoms with van der Waals surface area (Å²) in [5.41, 5.74) is 1.82. The average Bonchev–Trinajstić information content (AvgIpc) is 2.98. The molecule has 0 saturated carbocycles. The Labute approximate surface area is 159 Å².